The van der Waals surface area contributed by atoms with Gasteiger partial charge in [-0.3, -0.25) is 0 Å². The van der Waals surface area contributed by atoms with Crippen LogP contribution in [0.1, 0.15) is 47.6 Å². The summed E-state index contributed by atoms with van der Waals surface area (Å²) >= 11 is 17.9. The van der Waals surface area contributed by atoms with Gasteiger partial charge in [0.05, 0.1) is 16.6 Å². The quantitative estimate of drug-likeness (QED) is 0.113. The third kappa shape index (κ3) is 9.72. The molecule has 3 aromatic rings. The first-order valence-electron chi connectivity index (χ1n) is 13.1. The second-order valence-electron chi connectivity index (χ2n) is 9.22. The van der Waals surface area contributed by atoms with Crippen molar-refractivity contribution in [3.8, 4) is 0 Å². The molecule has 2 atom stereocenters. The highest BCUT2D eigenvalue weighted by atomic mass is 35.5. The van der Waals surface area contributed by atoms with Gasteiger partial charge in [0, 0.05) is 31.4 Å². The van der Waals surface area contributed by atoms with E-state index >= 15 is 0 Å². The molecule has 0 aromatic heterocycles. The van der Waals surface area contributed by atoms with Crippen molar-refractivity contribution in [3.05, 3.63) is 99.8 Å². The molecule has 0 heterocycles. The molecule has 0 radical (unpaired) electrons. The van der Waals surface area contributed by atoms with E-state index < -0.39 is 4.33 Å². The SMILES string of the molecule is C=CCc1c(C)cc(C)cc1F.CC.CNc1ccc(Cl)c(NC)c1.Cc1cc(N)cc(C2C(C=O)C2(Cl)Cl)c1. The Kier molecular flexibility index (Phi) is 14.6. The molecule has 1 saturated carbocycles. The molecule has 2 unspecified atom stereocenters. The predicted octanol–water partition coefficient (Wildman–Crippen LogP) is 9.28. The monoisotopic (exact) mass is 607 g/mol. The van der Waals surface area contributed by atoms with Crippen molar-refractivity contribution in [3.63, 3.8) is 0 Å². The molecular formula is C32H41Cl3FN3O. The minimum atomic E-state index is -0.956. The Morgan fingerprint density at radius 1 is 1.00 bits per heavy atom. The minimum Gasteiger partial charge on any atom is -0.399 e. The Hall–Kier alpha value is -2.73. The molecule has 4 nitrogen and oxygen atoms in total. The summed E-state index contributed by atoms with van der Waals surface area (Å²) in [4.78, 5) is 10.7. The molecule has 4 rings (SSSR count). The molecule has 8 heteroatoms. The number of anilines is 3. The number of rotatable bonds is 6. The van der Waals surface area contributed by atoms with E-state index in [1.54, 1.807) is 12.1 Å². The van der Waals surface area contributed by atoms with Crippen molar-refractivity contribution < 1.29 is 9.18 Å². The highest BCUT2D eigenvalue weighted by Gasteiger charge is 2.64. The van der Waals surface area contributed by atoms with E-state index in [1.165, 1.54) is 0 Å². The van der Waals surface area contributed by atoms with Gasteiger partial charge < -0.3 is 21.2 Å². The Balaban J connectivity index is 0.000000295. The number of aryl methyl sites for hydroxylation is 3. The van der Waals surface area contributed by atoms with Gasteiger partial charge in [0.1, 0.15) is 16.4 Å². The van der Waals surface area contributed by atoms with Gasteiger partial charge in [0.2, 0.25) is 0 Å². The molecule has 3 aromatic carbocycles. The van der Waals surface area contributed by atoms with Crippen LogP contribution >= 0.6 is 34.8 Å². The van der Waals surface area contributed by atoms with Crippen molar-refractivity contribution in [1.29, 1.82) is 0 Å². The van der Waals surface area contributed by atoms with Crippen LogP contribution in [0.4, 0.5) is 21.5 Å². The number of nitrogens with two attached hydrogens (primary N) is 1. The van der Waals surface area contributed by atoms with Crippen LogP contribution in [0, 0.1) is 32.5 Å². The van der Waals surface area contributed by atoms with Crippen molar-refractivity contribution in [2.75, 3.05) is 30.5 Å². The number of carbonyl (C=O) groups is 1. The van der Waals surface area contributed by atoms with Crippen LogP contribution in [0.25, 0.3) is 0 Å². The van der Waals surface area contributed by atoms with Crippen molar-refractivity contribution in [1.82, 2.24) is 0 Å². The third-order valence-electron chi connectivity index (χ3n) is 6.17. The summed E-state index contributed by atoms with van der Waals surface area (Å²) in [6, 6.07) is 15.0. The Morgan fingerprint density at radius 3 is 2.10 bits per heavy atom. The zero-order chi connectivity index (χ0) is 30.6. The molecule has 40 heavy (non-hydrogen) atoms. The predicted molar refractivity (Wildman–Crippen MR) is 174 cm³/mol. The third-order valence-corrected chi connectivity index (χ3v) is 7.48. The molecule has 0 spiro atoms. The largest absolute Gasteiger partial charge is 0.399 e. The van der Waals surface area contributed by atoms with Crippen molar-refractivity contribution >= 4 is 58.2 Å². The second kappa shape index (κ2) is 16.5. The maximum absolute atomic E-state index is 13.3. The van der Waals surface area contributed by atoms with Gasteiger partial charge >= 0.3 is 0 Å². The lowest BCUT2D eigenvalue weighted by molar-refractivity contribution is -0.108. The van der Waals surface area contributed by atoms with Gasteiger partial charge in [-0.25, -0.2) is 4.39 Å². The highest BCUT2D eigenvalue weighted by molar-refractivity contribution is 6.53. The number of hydrogen-bond donors (Lipinski definition) is 3. The first-order valence-corrected chi connectivity index (χ1v) is 14.2. The van der Waals surface area contributed by atoms with E-state index in [0.29, 0.717) is 12.1 Å². The Labute approximate surface area is 254 Å². The van der Waals surface area contributed by atoms with E-state index in [2.05, 4.69) is 17.2 Å². The number of alkyl halides is 2. The maximum Gasteiger partial charge on any atom is 0.136 e. The van der Waals surface area contributed by atoms with Gasteiger partial charge in [-0.15, -0.1) is 29.8 Å². The highest BCUT2D eigenvalue weighted by Crippen LogP contribution is 2.64. The number of nitrogen functional groups attached to an aromatic ring is 1. The summed E-state index contributed by atoms with van der Waals surface area (Å²) in [5.74, 6) is -0.560. The molecule has 218 valence electrons. The number of allylic oxidation sites excluding steroid dienone is 1. The molecular weight excluding hydrogens is 568 g/mol. The number of carbonyl (C=O) groups excluding carboxylic acids is 1. The number of aldehydes is 1. The van der Waals surface area contributed by atoms with Crippen LogP contribution in [-0.2, 0) is 11.2 Å². The van der Waals surface area contributed by atoms with E-state index in [0.717, 1.165) is 50.5 Å². The van der Waals surface area contributed by atoms with Gasteiger partial charge in [-0.1, -0.05) is 43.7 Å². The summed E-state index contributed by atoms with van der Waals surface area (Å²) in [5, 5.41) is 6.77. The van der Waals surface area contributed by atoms with Crippen LogP contribution in [0.2, 0.25) is 5.02 Å². The Morgan fingerprint density at radius 2 is 1.62 bits per heavy atom. The van der Waals surface area contributed by atoms with Gasteiger partial charge in [-0.2, -0.15) is 0 Å². The zero-order valence-corrected chi connectivity index (χ0v) is 26.6. The van der Waals surface area contributed by atoms with Crippen LogP contribution in [-0.4, -0.2) is 24.7 Å². The smallest absolute Gasteiger partial charge is 0.136 e. The minimum absolute atomic E-state index is 0.118. The summed E-state index contributed by atoms with van der Waals surface area (Å²) in [6.45, 7) is 13.4. The van der Waals surface area contributed by atoms with Crippen molar-refractivity contribution in [2.24, 2.45) is 5.92 Å². The summed E-state index contributed by atoms with van der Waals surface area (Å²) in [5.41, 5.74) is 13.1. The zero-order valence-electron chi connectivity index (χ0n) is 24.3. The fourth-order valence-corrected chi connectivity index (χ4v) is 5.16. The second-order valence-corrected chi connectivity index (χ2v) is 11.1. The number of halogens is 4. The van der Waals surface area contributed by atoms with E-state index in [4.69, 9.17) is 40.5 Å². The fraction of sp³-hybridized carbons (Fsp3) is 0.344. The summed E-state index contributed by atoms with van der Waals surface area (Å²) in [6.07, 6.45) is 3.14. The van der Waals surface area contributed by atoms with Gasteiger partial charge in [0.25, 0.3) is 0 Å². The summed E-state index contributed by atoms with van der Waals surface area (Å²) < 4.78 is 12.3. The normalized spacial score (nSPS) is 16.0. The standard InChI is InChI=1S/C11H11Cl2NO.C11H13F.C8H11ClN2.C2H6/c1-6-2-7(4-8(14)3-6)10-9(5-15)11(10,12)13;1-4-5-10-9(3)6-8(2)7-11(10)12;1-10-6-3-4-7(9)8(5-6)11-2;1-2/h2-5,9-10H,14H2,1H3;4,6-7H,1,5H2,2-3H3;3-5,10-11H,1-2H3;1-2H3. The molecule has 0 aliphatic heterocycles. The Bertz CT molecular complexity index is 1240. The lowest BCUT2D eigenvalue weighted by atomic mass is 10.0. The molecule has 1 aliphatic carbocycles. The van der Waals surface area contributed by atoms with E-state index in [1.807, 2.05) is 91.2 Å². The molecule has 1 aliphatic rings. The number of hydrogen-bond acceptors (Lipinski definition) is 4. The average molecular weight is 609 g/mol. The van der Waals surface area contributed by atoms with Crippen molar-refractivity contribution in [2.45, 2.75) is 51.3 Å². The maximum atomic E-state index is 13.3. The number of benzene rings is 3. The summed E-state index contributed by atoms with van der Waals surface area (Å²) in [7, 11) is 3.73. The van der Waals surface area contributed by atoms with Gasteiger partial charge in [-0.05, 0) is 91.4 Å². The molecule has 0 saturated heterocycles. The van der Waals surface area contributed by atoms with Crippen LogP contribution < -0.4 is 16.4 Å². The van der Waals surface area contributed by atoms with Crippen LogP contribution in [0.3, 0.4) is 0 Å². The topological polar surface area (TPSA) is 67.2 Å². The number of nitrogens with one attached hydrogen (secondary N) is 2. The average Bonchev–Trinajstić information content (AvgIpc) is 3.48. The molecule has 4 N–H and O–H groups in total. The molecule has 1 fully saturated rings. The lowest BCUT2D eigenvalue weighted by Crippen LogP contribution is -1.93. The van der Waals surface area contributed by atoms with Crippen LogP contribution in [0.15, 0.2) is 61.2 Å². The lowest BCUT2D eigenvalue weighted by Gasteiger charge is -2.05. The van der Waals surface area contributed by atoms with E-state index in [-0.39, 0.29) is 17.7 Å². The van der Waals surface area contributed by atoms with Gasteiger partial charge in [0.15, 0.2) is 0 Å². The van der Waals surface area contributed by atoms with Crippen LogP contribution in [0.5, 0.6) is 0 Å². The van der Waals surface area contributed by atoms with E-state index in [9.17, 15) is 9.18 Å². The first-order chi connectivity index (χ1) is 18.9. The fourth-order valence-electron chi connectivity index (χ4n) is 4.19. The molecule has 0 bridgehead atoms. The molecule has 0 amide bonds. The first kappa shape index (κ1) is 35.3.